The molecule has 12 nitrogen and oxygen atoms in total. The van der Waals surface area contributed by atoms with E-state index in [0.29, 0.717) is 16.4 Å². The van der Waals surface area contributed by atoms with Gasteiger partial charge in [-0.25, -0.2) is 14.8 Å². The molecule has 1 fully saturated rings. The summed E-state index contributed by atoms with van der Waals surface area (Å²) >= 11 is 1.28. The van der Waals surface area contributed by atoms with Crippen LogP contribution in [0.2, 0.25) is 0 Å². The number of carbonyl (C=O) groups is 4. The molecule has 2 heterocycles. The number of benzene rings is 1. The molecule has 1 aliphatic heterocycles. The van der Waals surface area contributed by atoms with Crippen molar-refractivity contribution >= 4 is 35.6 Å². The maximum Gasteiger partial charge on any atom is 0.409 e. The predicted molar refractivity (Wildman–Crippen MR) is 148 cm³/mol. The molecule has 3 atom stereocenters. The number of nitrogens with zero attached hydrogens (tertiary/aromatic N) is 4. The van der Waals surface area contributed by atoms with Crippen LogP contribution in [-0.2, 0) is 14.3 Å². The van der Waals surface area contributed by atoms with Crippen LogP contribution in [0.3, 0.4) is 0 Å². The second-order valence-electron chi connectivity index (χ2n) is 9.31. The predicted octanol–water partition coefficient (Wildman–Crippen LogP) is 2.27. The van der Waals surface area contributed by atoms with Crippen molar-refractivity contribution in [2.75, 3.05) is 32.8 Å². The zero-order chi connectivity index (χ0) is 29.2. The highest BCUT2D eigenvalue weighted by Gasteiger charge is 2.31. The number of piperazine rings is 1. The van der Waals surface area contributed by atoms with Crippen molar-refractivity contribution in [2.24, 2.45) is 0 Å². The summed E-state index contributed by atoms with van der Waals surface area (Å²) in [6.45, 7) is 6.42. The Kier molecular flexibility index (Phi) is 11.3. The second kappa shape index (κ2) is 14.6. The van der Waals surface area contributed by atoms with Crippen LogP contribution in [0.1, 0.15) is 44.1 Å². The van der Waals surface area contributed by atoms with Crippen molar-refractivity contribution in [3.8, 4) is 11.4 Å². The van der Waals surface area contributed by atoms with Gasteiger partial charge in [-0.15, -0.1) is 11.8 Å². The Bertz CT molecular complexity index is 1190. The first-order chi connectivity index (χ1) is 19.1. The van der Waals surface area contributed by atoms with Crippen LogP contribution in [0.25, 0.3) is 11.4 Å². The number of nitrogens with one attached hydrogen (secondary N) is 1. The number of aromatic nitrogens is 2. The summed E-state index contributed by atoms with van der Waals surface area (Å²) in [4.78, 5) is 62.1. The Morgan fingerprint density at radius 2 is 1.70 bits per heavy atom. The minimum absolute atomic E-state index is 0.00870. The number of carboxylic acids is 1. The van der Waals surface area contributed by atoms with E-state index in [1.165, 1.54) is 27.6 Å². The van der Waals surface area contributed by atoms with Crippen molar-refractivity contribution in [3.63, 3.8) is 0 Å². The van der Waals surface area contributed by atoms with Crippen LogP contribution >= 0.6 is 11.8 Å². The third-order valence-corrected chi connectivity index (χ3v) is 7.54. The van der Waals surface area contributed by atoms with Crippen LogP contribution in [0.15, 0.2) is 41.4 Å². The van der Waals surface area contributed by atoms with Gasteiger partial charge in [0.25, 0.3) is 5.91 Å². The van der Waals surface area contributed by atoms with Gasteiger partial charge in [0.15, 0.2) is 5.82 Å². The van der Waals surface area contributed by atoms with Gasteiger partial charge in [0, 0.05) is 49.5 Å². The van der Waals surface area contributed by atoms with E-state index in [2.05, 4.69) is 15.3 Å². The maximum atomic E-state index is 13.4. The molecule has 0 bridgehead atoms. The SMILES string of the molecule is CCOC(=O)N1CCN(C(=O)C(CCC(=O)O)NC(=O)c2cc(S[C@@H](C)C(C)O)nc(-c3ccccc3)n2)CC1. The van der Waals surface area contributed by atoms with E-state index in [9.17, 15) is 29.4 Å². The molecule has 1 aromatic carbocycles. The lowest BCUT2D eigenvalue weighted by Gasteiger charge is -2.35. The molecule has 0 aliphatic carbocycles. The highest BCUT2D eigenvalue weighted by atomic mass is 32.2. The van der Waals surface area contributed by atoms with Gasteiger partial charge in [-0.1, -0.05) is 37.3 Å². The molecule has 3 N–H and O–H groups in total. The molecule has 3 rings (SSSR count). The summed E-state index contributed by atoms with van der Waals surface area (Å²) in [5, 5.41) is 22.1. The second-order valence-corrected chi connectivity index (χ2v) is 10.7. The highest BCUT2D eigenvalue weighted by Crippen LogP contribution is 2.26. The van der Waals surface area contributed by atoms with E-state index in [-0.39, 0.29) is 56.6 Å². The van der Waals surface area contributed by atoms with E-state index >= 15 is 0 Å². The number of amides is 3. The Balaban J connectivity index is 1.82. The van der Waals surface area contributed by atoms with E-state index < -0.39 is 36.0 Å². The first kappa shape index (κ1) is 30.8. The number of carbonyl (C=O) groups excluding carboxylic acids is 3. The topological polar surface area (TPSA) is 162 Å². The van der Waals surface area contributed by atoms with Crippen molar-refractivity contribution < 1.29 is 34.1 Å². The van der Waals surface area contributed by atoms with Crippen LogP contribution in [0, 0.1) is 0 Å². The molecule has 0 radical (unpaired) electrons. The minimum atomic E-state index is -1.11. The normalized spacial score (nSPS) is 15.6. The summed E-state index contributed by atoms with van der Waals surface area (Å²) < 4.78 is 5.01. The lowest BCUT2D eigenvalue weighted by atomic mass is 10.1. The van der Waals surface area contributed by atoms with Gasteiger partial charge in [-0.05, 0) is 20.3 Å². The zero-order valence-electron chi connectivity index (χ0n) is 22.8. The van der Waals surface area contributed by atoms with Gasteiger partial charge in [-0.2, -0.15) is 0 Å². The van der Waals surface area contributed by atoms with Gasteiger partial charge >= 0.3 is 12.1 Å². The monoisotopic (exact) mass is 573 g/mol. The fourth-order valence-corrected chi connectivity index (χ4v) is 4.81. The molecule has 216 valence electrons. The number of aliphatic carboxylic acids is 1. The Hall–Kier alpha value is -3.71. The number of aliphatic hydroxyl groups excluding tert-OH is 1. The molecule has 1 saturated heterocycles. The quantitative estimate of drug-likeness (QED) is 0.268. The van der Waals surface area contributed by atoms with E-state index in [1.807, 2.05) is 25.1 Å². The number of hydrogen-bond donors (Lipinski definition) is 3. The number of thioether (sulfide) groups is 1. The van der Waals surface area contributed by atoms with Crippen molar-refractivity contribution in [1.29, 1.82) is 0 Å². The van der Waals surface area contributed by atoms with Crippen LogP contribution < -0.4 is 5.32 Å². The minimum Gasteiger partial charge on any atom is -0.481 e. The Morgan fingerprint density at radius 1 is 1.05 bits per heavy atom. The number of hydrogen-bond acceptors (Lipinski definition) is 9. The molecular formula is C27H35N5O7S. The van der Waals surface area contributed by atoms with Gasteiger partial charge in [0.1, 0.15) is 16.8 Å². The Morgan fingerprint density at radius 3 is 2.30 bits per heavy atom. The van der Waals surface area contributed by atoms with Crippen molar-refractivity contribution in [1.82, 2.24) is 25.1 Å². The number of ether oxygens (including phenoxy) is 1. The molecular weight excluding hydrogens is 538 g/mol. The Labute approximate surface area is 237 Å². The van der Waals surface area contributed by atoms with Gasteiger partial charge in [0.05, 0.1) is 12.7 Å². The van der Waals surface area contributed by atoms with Crippen LogP contribution in [0.5, 0.6) is 0 Å². The third-order valence-electron chi connectivity index (χ3n) is 6.32. The fourth-order valence-electron chi connectivity index (χ4n) is 3.91. The first-order valence-electron chi connectivity index (χ1n) is 13.1. The number of rotatable bonds is 11. The van der Waals surface area contributed by atoms with Crippen LogP contribution in [0.4, 0.5) is 4.79 Å². The van der Waals surface area contributed by atoms with Gasteiger partial charge in [0.2, 0.25) is 5.91 Å². The summed E-state index contributed by atoms with van der Waals surface area (Å²) in [5.74, 6) is -1.89. The smallest absolute Gasteiger partial charge is 0.409 e. The molecule has 2 aromatic rings. The molecule has 0 spiro atoms. The molecule has 40 heavy (non-hydrogen) atoms. The number of carboxylic acid groups (broad SMARTS) is 1. The molecule has 0 saturated carbocycles. The molecule has 2 unspecified atom stereocenters. The van der Waals surface area contributed by atoms with Crippen molar-refractivity contribution in [2.45, 2.75) is 56.0 Å². The standard InChI is InChI=1S/C27H35N5O7S/c1-4-39-27(38)32-14-12-31(13-15-32)26(37)20(10-11-23(34)35)29-25(36)21-16-22(40-18(3)17(2)33)30-24(28-21)19-8-6-5-7-9-19/h5-9,16-18,20,33H,4,10-15H2,1-3H3,(H,29,36)(H,34,35)/t17?,18-,20?/m0/s1. The fraction of sp³-hybridized carbons (Fsp3) is 0.481. The largest absolute Gasteiger partial charge is 0.481 e. The van der Waals surface area contributed by atoms with E-state index in [4.69, 9.17) is 4.74 Å². The van der Waals surface area contributed by atoms with E-state index in [0.717, 1.165) is 0 Å². The van der Waals surface area contributed by atoms with Crippen LogP contribution in [-0.4, -0.2) is 104 Å². The average Bonchev–Trinajstić information content (AvgIpc) is 2.95. The number of aliphatic hydroxyl groups is 1. The summed E-state index contributed by atoms with van der Waals surface area (Å²) in [6, 6.07) is 9.47. The highest BCUT2D eigenvalue weighted by molar-refractivity contribution is 7.99. The van der Waals surface area contributed by atoms with Gasteiger partial charge < -0.3 is 30.1 Å². The van der Waals surface area contributed by atoms with E-state index in [1.54, 1.807) is 26.0 Å². The first-order valence-corrected chi connectivity index (χ1v) is 14.0. The summed E-state index contributed by atoms with van der Waals surface area (Å²) in [5.41, 5.74) is 0.691. The zero-order valence-corrected chi connectivity index (χ0v) is 23.6. The van der Waals surface area contributed by atoms with Gasteiger partial charge in [-0.3, -0.25) is 14.4 Å². The molecule has 1 aromatic heterocycles. The molecule has 13 heteroatoms. The lowest BCUT2D eigenvalue weighted by Crippen LogP contribution is -2.56. The third kappa shape index (κ3) is 8.65. The molecule has 3 amide bonds. The summed E-state index contributed by atoms with van der Waals surface area (Å²) in [6.07, 6.45) is -1.53. The summed E-state index contributed by atoms with van der Waals surface area (Å²) in [7, 11) is 0. The molecule has 1 aliphatic rings. The maximum absolute atomic E-state index is 13.4. The lowest BCUT2D eigenvalue weighted by molar-refractivity contribution is -0.138. The average molecular weight is 574 g/mol. The van der Waals surface area contributed by atoms with Crippen molar-refractivity contribution in [3.05, 3.63) is 42.1 Å².